The molecule has 1 atom stereocenters. The molecule has 3 N–H and O–H groups in total. The van der Waals surface area contributed by atoms with E-state index >= 15 is 0 Å². The smallest absolute Gasteiger partial charge is 0.251 e. The van der Waals surface area contributed by atoms with E-state index in [-0.39, 0.29) is 23.2 Å². The van der Waals surface area contributed by atoms with E-state index in [1.807, 2.05) is 67.0 Å². The second-order valence-electron chi connectivity index (χ2n) is 10.3. The Bertz CT molecular complexity index is 1950. The molecule has 6 aromatic rings. The minimum atomic E-state index is -0.604. The zero-order chi connectivity index (χ0) is 28.8. The molecule has 6 rings (SSSR count). The van der Waals surface area contributed by atoms with Crippen molar-refractivity contribution in [2.45, 2.75) is 19.5 Å². The summed E-state index contributed by atoms with van der Waals surface area (Å²) in [6.45, 7) is 3.32. The molecular formula is C30H29FN8O2. The molecule has 1 aromatic carbocycles. The molecule has 0 amide bonds. The van der Waals surface area contributed by atoms with Crippen molar-refractivity contribution in [1.82, 2.24) is 33.6 Å². The largest absolute Gasteiger partial charge is 0.508 e. The van der Waals surface area contributed by atoms with Crippen LogP contribution in [0.4, 0.5) is 10.2 Å². The van der Waals surface area contributed by atoms with E-state index in [4.69, 9.17) is 10.8 Å². The number of pyridine rings is 2. The molecule has 11 heteroatoms. The minimum Gasteiger partial charge on any atom is -0.508 e. The van der Waals surface area contributed by atoms with Gasteiger partial charge in [-0.3, -0.25) is 4.79 Å². The van der Waals surface area contributed by atoms with Gasteiger partial charge in [-0.05, 0) is 57.4 Å². The maximum atomic E-state index is 14.3. The predicted octanol–water partition coefficient (Wildman–Crippen LogP) is 4.17. The van der Waals surface area contributed by atoms with Crippen LogP contribution < -0.4 is 11.3 Å². The summed E-state index contributed by atoms with van der Waals surface area (Å²) in [7, 11) is 3.94. The zero-order valence-corrected chi connectivity index (χ0v) is 22.9. The highest BCUT2D eigenvalue weighted by atomic mass is 19.1. The van der Waals surface area contributed by atoms with Gasteiger partial charge in [-0.25, -0.2) is 19.0 Å². The molecule has 0 aliphatic rings. The lowest BCUT2D eigenvalue weighted by Crippen LogP contribution is -2.25. The number of aromatic hydroxyl groups is 1. The Kier molecular flexibility index (Phi) is 6.50. The van der Waals surface area contributed by atoms with Crippen LogP contribution in [0.3, 0.4) is 0 Å². The number of fused-ring (bicyclic) bond motifs is 2. The van der Waals surface area contributed by atoms with Gasteiger partial charge in [0, 0.05) is 59.8 Å². The van der Waals surface area contributed by atoms with Gasteiger partial charge < -0.3 is 24.7 Å². The van der Waals surface area contributed by atoms with Gasteiger partial charge in [-0.15, -0.1) is 0 Å². The third-order valence-electron chi connectivity index (χ3n) is 7.26. The number of nitrogens with zero attached hydrogens (tertiary/aromatic N) is 7. The number of halogens is 1. The van der Waals surface area contributed by atoms with Crippen molar-refractivity contribution in [2.75, 3.05) is 26.4 Å². The number of hydrogen-bond acceptors (Lipinski definition) is 7. The predicted molar refractivity (Wildman–Crippen MR) is 156 cm³/mol. The lowest BCUT2D eigenvalue weighted by molar-refractivity contribution is 0.381. The lowest BCUT2D eigenvalue weighted by Gasteiger charge is -2.16. The number of rotatable bonds is 7. The summed E-state index contributed by atoms with van der Waals surface area (Å²) in [5.41, 5.74) is 10.8. The number of aromatic nitrogens is 6. The van der Waals surface area contributed by atoms with E-state index in [9.17, 15) is 14.3 Å². The van der Waals surface area contributed by atoms with E-state index in [0.717, 1.165) is 34.9 Å². The maximum absolute atomic E-state index is 14.3. The summed E-state index contributed by atoms with van der Waals surface area (Å²) in [5.74, 6) is -0.643. The first-order chi connectivity index (χ1) is 19.7. The topological polar surface area (TPSA) is 120 Å². The Morgan fingerprint density at radius 3 is 2.63 bits per heavy atom. The Morgan fingerprint density at radius 2 is 1.88 bits per heavy atom. The van der Waals surface area contributed by atoms with Gasteiger partial charge in [-0.1, -0.05) is 6.07 Å². The zero-order valence-electron chi connectivity index (χ0n) is 22.9. The van der Waals surface area contributed by atoms with Crippen molar-refractivity contribution in [3.63, 3.8) is 0 Å². The first-order valence-corrected chi connectivity index (χ1v) is 13.2. The van der Waals surface area contributed by atoms with Gasteiger partial charge in [-0.2, -0.15) is 5.10 Å². The summed E-state index contributed by atoms with van der Waals surface area (Å²) in [5, 5.41) is 15.4. The van der Waals surface area contributed by atoms with Crippen LogP contribution in [-0.2, 0) is 6.54 Å². The summed E-state index contributed by atoms with van der Waals surface area (Å²) < 4.78 is 19.7. The van der Waals surface area contributed by atoms with Gasteiger partial charge in [0.05, 0.1) is 17.1 Å². The van der Waals surface area contributed by atoms with E-state index < -0.39 is 5.82 Å². The monoisotopic (exact) mass is 552 g/mol. The van der Waals surface area contributed by atoms with Crippen LogP contribution in [0.1, 0.15) is 18.5 Å². The number of phenols is 1. The molecule has 0 spiro atoms. The summed E-state index contributed by atoms with van der Waals surface area (Å²) in [4.78, 5) is 23.8. The van der Waals surface area contributed by atoms with E-state index in [2.05, 4.69) is 16.0 Å². The molecule has 0 aliphatic carbocycles. The number of hydrogen-bond donors (Lipinski definition) is 2. The number of phenolic OH excluding ortho intramolecular Hbond substituents is 1. The molecule has 5 aromatic heterocycles. The van der Waals surface area contributed by atoms with Gasteiger partial charge in [0.2, 0.25) is 0 Å². The molecule has 1 unspecified atom stereocenters. The van der Waals surface area contributed by atoms with Crippen LogP contribution in [0, 0.1) is 5.82 Å². The molecule has 0 aliphatic heterocycles. The van der Waals surface area contributed by atoms with Crippen LogP contribution >= 0.6 is 0 Å². The molecule has 41 heavy (non-hydrogen) atoms. The van der Waals surface area contributed by atoms with E-state index in [1.165, 1.54) is 18.5 Å². The van der Waals surface area contributed by atoms with Crippen molar-refractivity contribution in [2.24, 2.45) is 0 Å². The van der Waals surface area contributed by atoms with Gasteiger partial charge >= 0.3 is 0 Å². The van der Waals surface area contributed by atoms with Crippen molar-refractivity contribution in [3.8, 4) is 28.3 Å². The molecule has 0 fully saturated rings. The number of nitrogen functional groups attached to an aromatic ring is 1. The van der Waals surface area contributed by atoms with E-state index in [0.29, 0.717) is 28.8 Å². The third kappa shape index (κ3) is 4.70. The molecule has 10 nitrogen and oxygen atoms in total. The summed E-state index contributed by atoms with van der Waals surface area (Å²) in [6.07, 6.45) is 5.14. The standard InChI is InChI=1S/C30H29FN8O2/c1-18(39-30-26(29(32)33-17-34-30)27(35-39)20-12-21(31)15-23(40)13-20)24-16-22-6-4-5-8-38(22)28(24)19-7-9-37(25(41)14-19)11-10-36(2)3/h4-9,12-18,40H,10-11H2,1-3H3,(H2,32,33,34). The van der Waals surface area contributed by atoms with Crippen molar-refractivity contribution in [1.29, 1.82) is 0 Å². The fourth-order valence-corrected chi connectivity index (χ4v) is 5.23. The molecule has 0 saturated carbocycles. The molecule has 208 valence electrons. The second-order valence-corrected chi connectivity index (χ2v) is 10.3. The number of anilines is 1. The fourth-order valence-electron chi connectivity index (χ4n) is 5.23. The van der Waals surface area contributed by atoms with Gasteiger partial charge in [0.15, 0.2) is 5.65 Å². The van der Waals surface area contributed by atoms with Gasteiger partial charge in [0.1, 0.15) is 29.4 Å². The lowest BCUT2D eigenvalue weighted by atomic mass is 10.0. The van der Waals surface area contributed by atoms with E-state index in [1.54, 1.807) is 15.3 Å². The van der Waals surface area contributed by atoms with Crippen LogP contribution in [-0.4, -0.2) is 59.4 Å². The number of likely N-dealkylation sites (N-methyl/N-ethyl adjacent to an activating group) is 1. The Morgan fingerprint density at radius 1 is 1.05 bits per heavy atom. The molecule has 5 heterocycles. The highest BCUT2D eigenvalue weighted by Gasteiger charge is 2.25. The minimum absolute atomic E-state index is 0.0907. The maximum Gasteiger partial charge on any atom is 0.251 e. The van der Waals surface area contributed by atoms with Crippen LogP contribution in [0.5, 0.6) is 5.75 Å². The van der Waals surface area contributed by atoms with Crippen LogP contribution in [0.15, 0.2) is 78.1 Å². The summed E-state index contributed by atoms with van der Waals surface area (Å²) in [6, 6.07) is 14.9. The SMILES string of the molecule is CC(c1cc2ccccn2c1-c1ccn(CCN(C)C)c(=O)c1)n1nc(-c2cc(O)cc(F)c2)c2c(N)ncnc21. The van der Waals surface area contributed by atoms with Crippen LogP contribution in [0.25, 0.3) is 39.1 Å². The molecule has 0 radical (unpaired) electrons. The van der Waals surface area contributed by atoms with Crippen molar-refractivity contribution >= 4 is 22.4 Å². The van der Waals surface area contributed by atoms with Crippen molar-refractivity contribution < 1.29 is 9.50 Å². The summed E-state index contributed by atoms with van der Waals surface area (Å²) >= 11 is 0. The Labute approximate surface area is 234 Å². The Balaban J connectivity index is 1.53. The third-order valence-corrected chi connectivity index (χ3v) is 7.26. The quantitative estimate of drug-likeness (QED) is 0.305. The first-order valence-electron chi connectivity index (χ1n) is 13.2. The molecule has 0 saturated heterocycles. The number of benzene rings is 1. The average Bonchev–Trinajstić information content (AvgIpc) is 3.52. The normalized spacial score (nSPS) is 12.5. The highest BCUT2D eigenvalue weighted by molar-refractivity contribution is 5.98. The number of nitrogens with two attached hydrogens (primary N) is 1. The first kappa shape index (κ1) is 26.2. The molecular weight excluding hydrogens is 523 g/mol. The van der Waals surface area contributed by atoms with Crippen molar-refractivity contribution in [3.05, 3.63) is 95.1 Å². The fraction of sp³-hybridized carbons (Fsp3) is 0.200. The second kappa shape index (κ2) is 10.2. The average molecular weight is 553 g/mol. The molecule has 0 bridgehead atoms. The van der Waals surface area contributed by atoms with Gasteiger partial charge in [0.25, 0.3) is 5.56 Å². The highest BCUT2D eigenvalue weighted by Crippen LogP contribution is 2.38. The van der Waals surface area contributed by atoms with Crippen LogP contribution in [0.2, 0.25) is 0 Å². The Hall–Kier alpha value is -5.03.